The van der Waals surface area contributed by atoms with E-state index >= 15 is 0 Å². The van der Waals surface area contributed by atoms with Crippen LogP contribution in [-0.2, 0) is 0 Å². The highest BCUT2D eigenvalue weighted by molar-refractivity contribution is 6.29. The molecule has 390 valence electrons. The van der Waals surface area contributed by atoms with Crippen molar-refractivity contribution < 1.29 is 0 Å². The van der Waals surface area contributed by atoms with Gasteiger partial charge in [-0.1, -0.05) is 250 Å². The lowest BCUT2D eigenvalue weighted by Crippen LogP contribution is -2.47. The summed E-state index contributed by atoms with van der Waals surface area (Å²) in [7, 11) is 0. The van der Waals surface area contributed by atoms with Crippen molar-refractivity contribution in [3.63, 3.8) is 0 Å². The quantitative estimate of drug-likeness (QED) is 0.166. The summed E-state index contributed by atoms with van der Waals surface area (Å²) in [6.07, 6.45) is 23.0. The van der Waals surface area contributed by atoms with Crippen molar-refractivity contribution in [2.24, 2.45) is 11.8 Å². The van der Waals surface area contributed by atoms with Gasteiger partial charge < -0.3 is 9.47 Å². The zero-order chi connectivity index (χ0) is 54.4. The molecule has 4 atom stereocenters. The summed E-state index contributed by atoms with van der Waals surface area (Å²) in [5.74, 6) is 2.10. The number of fused-ring (bicyclic) bond motifs is 20. The molecule has 0 fully saturated rings. The normalized spacial score (nSPS) is 18.1. The lowest BCUT2D eigenvalue weighted by atomic mass is 9.79. The van der Waals surface area contributed by atoms with E-state index in [1.807, 2.05) is 0 Å². The van der Waals surface area contributed by atoms with Crippen molar-refractivity contribution in [1.82, 2.24) is 28.7 Å². The fourth-order valence-electron chi connectivity index (χ4n) is 14.7. The van der Waals surface area contributed by atoms with E-state index in [0.717, 1.165) is 93.0 Å². The molecule has 0 bridgehead atoms. The summed E-state index contributed by atoms with van der Waals surface area (Å²) in [5.41, 5.74) is 15.9. The van der Waals surface area contributed by atoms with Crippen LogP contribution in [0.2, 0.25) is 0 Å². The number of anilines is 1. The van der Waals surface area contributed by atoms with Crippen LogP contribution in [0.5, 0.6) is 0 Å². The van der Waals surface area contributed by atoms with Crippen LogP contribution in [0.15, 0.2) is 273 Å². The summed E-state index contributed by atoms with van der Waals surface area (Å²) in [5, 5.41) is 11.5. The molecule has 7 heteroatoms. The van der Waals surface area contributed by atoms with Gasteiger partial charge in [0.15, 0.2) is 5.82 Å². The summed E-state index contributed by atoms with van der Waals surface area (Å²) >= 11 is 0. The SMILES string of the molecule is CC1C=CC=CC1N1c2c(ccc3c4ccc5ccccc5c4n(-c4nc(-c5ccccc5)nc(-n5c6ccccc6c6ccc7c(c8ccc9ccccc9c8n7-c7cccc(-c8ccccc8)c7)c65)n4)c23)C2=CC=C3C=CC=CC3C21. The molecule has 7 nitrogen and oxygen atoms in total. The third-order valence-electron chi connectivity index (χ3n) is 18.3. The predicted octanol–water partition coefficient (Wildman–Crippen LogP) is 18.2. The highest BCUT2D eigenvalue weighted by Crippen LogP contribution is 2.55. The summed E-state index contributed by atoms with van der Waals surface area (Å²) in [6, 6.07) is 75.2. The summed E-state index contributed by atoms with van der Waals surface area (Å²) in [4.78, 5) is 20.1. The number of hydrogen-bond donors (Lipinski definition) is 0. The zero-order valence-electron chi connectivity index (χ0n) is 45.3. The molecule has 18 rings (SSSR count). The maximum Gasteiger partial charge on any atom is 0.240 e. The Hall–Kier alpha value is -10.6. The molecule has 0 N–H and O–H groups in total. The Labute approximate surface area is 478 Å². The first-order valence-electron chi connectivity index (χ1n) is 28.9. The van der Waals surface area contributed by atoms with Crippen molar-refractivity contribution in [2.75, 3.05) is 4.90 Å². The van der Waals surface area contributed by atoms with E-state index in [4.69, 9.17) is 15.0 Å². The minimum atomic E-state index is 0.0671. The molecule has 0 saturated heterocycles. The Morgan fingerprint density at radius 1 is 0.410 bits per heavy atom. The molecule has 4 aliphatic rings. The Morgan fingerprint density at radius 2 is 1.04 bits per heavy atom. The van der Waals surface area contributed by atoms with Gasteiger partial charge in [0.2, 0.25) is 11.9 Å². The van der Waals surface area contributed by atoms with Gasteiger partial charge in [0, 0.05) is 65.8 Å². The van der Waals surface area contributed by atoms with Crippen molar-refractivity contribution >= 4 is 98.2 Å². The van der Waals surface area contributed by atoms with Gasteiger partial charge in [0.25, 0.3) is 0 Å². The Bertz CT molecular complexity index is 5310. The molecule has 0 spiro atoms. The molecular weight excluding hydrogens is 1010 g/mol. The van der Waals surface area contributed by atoms with Crippen LogP contribution in [-0.4, -0.2) is 40.7 Å². The van der Waals surface area contributed by atoms with E-state index in [1.165, 1.54) is 38.7 Å². The smallest absolute Gasteiger partial charge is 0.240 e. The van der Waals surface area contributed by atoms with Gasteiger partial charge in [-0.25, -0.2) is 0 Å². The lowest BCUT2D eigenvalue weighted by Gasteiger charge is -2.42. The van der Waals surface area contributed by atoms with E-state index in [0.29, 0.717) is 17.7 Å². The van der Waals surface area contributed by atoms with Gasteiger partial charge in [-0.3, -0.25) is 9.13 Å². The number of rotatable bonds is 6. The molecule has 0 amide bonds. The molecule has 14 aromatic rings. The fourth-order valence-corrected chi connectivity index (χ4v) is 14.7. The van der Waals surface area contributed by atoms with Crippen LogP contribution in [0, 0.1) is 11.8 Å². The molecular formula is C76H51N7. The second-order valence-electron chi connectivity index (χ2n) is 22.7. The van der Waals surface area contributed by atoms with Crippen molar-refractivity contribution in [3.8, 4) is 40.1 Å². The second-order valence-corrected chi connectivity index (χ2v) is 22.7. The van der Waals surface area contributed by atoms with Crippen LogP contribution in [0.25, 0.3) is 133 Å². The van der Waals surface area contributed by atoms with Gasteiger partial charge >= 0.3 is 0 Å². The molecule has 10 aromatic carbocycles. The summed E-state index contributed by atoms with van der Waals surface area (Å²) in [6.45, 7) is 2.36. The van der Waals surface area contributed by atoms with E-state index in [9.17, 15) is 0 Å². The van der Waals surface area contributed by atoms with Crippen LogP contribution >= 0.6 is 0 Å². The fraction of sp³-hybridized carbons (Fsp3) is 0.0658. The largest absolute Gasteiger partial charge is 0.354 e. The maximum atomic E-state index is 5.94. The van der Waals surface area contributed by atoms with Crippen molar-refractivity contribution in [3.05, 3.63) is 278 Å². The van der Waals surface area contributed by atoms with Gasteiger partial charge in [0.1, 0.15) is 0 Å². The lowest BCUT2D eigenvalue weighted by molar-refractivity contribution is 0.507. The standard InChI is InChI=1S/C76H51N7/c1-46-19-8-16-33-64(46)81-68-54-29-12-9-22-48(54)35-38-59(68)61-41-42-62-60-39-36-49-23-10-13-30-55(49)69(60)83(73(62)72(61)81)76-78-74(51-25-6-3-7-26-51)77-75(79-76)82-65-34-17-15-32-57(65)58-43-44-66-67(71(58)82)63-40-37-50-24-11-14-31-56(50)70(63)80(66)53-28-18-27-52(45-53)47-20-4-2-5-21-47/h2-46,54,64,68H,1H3. The van der Waals surface area contributed by atoms with Crippen LogP contribution < -0.4 is 4.90 Å². The van der Waals surface area contributed by atoms with Gasteiger partial charge in [-0.15, -0.1) is 0 Å². The number of benzene rings is 10. The predicted molar refractivity (Wildman–Crippen MR) is 344 cm³/mol. The first kappa shape index (κ1) is 46.2. The number of nitrogens with zero attached hydrogens (tertiary/aromatic N) is 7. The third-order valence-corrected chi connectivity index (χ3v) is 18.3. The van der Waals surface area contributed by atoms with Gasteiger partial charge in [0.05, 0.1) is 50.9 Å². The Kier molecular flexibility index (Phi) is 9.83. The number of aromatic nitrogens is 6. The molecule has 4 unspecified atom stereocenters. The van der Waals surface area contributed by atoms with Gasteiger partial charge in [-0.05, 0) is 63.2 Å². The highest BCUT2D eigenvalue weighted by atomic mass is 15.3. The van der Waals surface area contributed by atoms with Crippen molar-refractivity contribution in [2.45, 2.75) is 19.0 Å². The average molecular weight is 1060 g/mol. The number of allylic oxidation sites excluding steroid dienone is 7. The third kappa shape index (κ3) is 6.64. The minimum Gasteiger partial charge on any atom is -0.354 e. The zero-order valence-corrected chi connectivity index (χ0v) is 45.3. The van der Waals surface area contributed by atoms with Crippen LogP contribution in [0.4, 0.5) is 5.69 Å². The monoisotopic (exact) mass is 1060 g/mol. The molecule has 0 radical (unpaired) electrons. The molecule has 0 saturated carbocycles. The van der Waals surface area contributed by atoms with Gasteiger partial charge in [-0.2, -0.15) is 15.0 Å². The van der Waals surface area contributed by atoms with E-state index in [2.05, 4.69) is 293 Å². The molecule has 3 aliphatic carbocycles. The Balaban J connectivity index is 0.981. The minimum absolute atomic E-state index is 0.0671. The van der Waals surface area contributed by atoms with E-state index in [-0.39, 0.29) is 23.9 Å². The molecule has 5 heterocycles. The molecule has 4 aromatic heterocycles. The Morgan fingerprint density at radius 3 is 1.83 bits per heavy atom. The first-order chi connectivity index (χ1) is 41.1. The highest BCUT2D eigenvalue weighted by Gasteiger charge is 2.46. The average Bonchev–Trinajstić information content (AvgIpc) is 1.76. The molecule has 1 aliphatic heterocycles. The number of para-hydroxylation sites is 1. The van der Waals surface area contributed by atoms with Crippen LogP contribution in [0.1, 0.15) is 12.5 Å². The van der Waals surface area contributed by atoms with E-state index < -0.39 is 0 Å². The van der Waals surface area contributed by atoms with Crippen LogP contribution in [0.3, 0.4) is 0 Å². The number of hydrogen-bond acceptors (Lipinski definition) is 4. The maximum absolute atomic E-state index is 5.94. The first-order valence-corrected chi connectivity index (χ1v) is 28.9. The van der Waals surface area contributed by atoms with Crippen molar-refractivity contribution in [1.29, 1.82) is 0 Å². The second kappa shape index (κ2) is 17.7. The topological polar surface area (TPSA) is 56.7 Å². The van der Waals surface area contributed by atoms with E-state index in [1.54, 1.807) is 0 Å². The molecule has 83 heavy (non-hydrogen) atoms. The summed E-state index contributed by atoms with van der Waals surface area (Å²) < 4.78 is 7.23.